The lowest BCUT2D eigenvalue weighted by atomic mass is 9.98. The maximum absolute atomic E-state index is 12.4. The van der Waals surface area contributed by atoms with E-state index in [0.29, 0.717) is 11.6 Å². The van der Waals surface area contributed by atoms with Crippen LogP contribution in [0.1, 0.15) is 48.2 Å². The second kappa shape index (κ2) is 5.94. The molecule has 0 radical (unpaired) electrons. The standard InChI is InChI=1S/C16H23N5O/c1-4-7-21-12(3)9-17-15(21)13-10-19(11-13)16(22)14-6-8-20(5-2)18-14/h6,8-9,13H,4-5,7,10-11H2,1-3H3. The van der Waals surface area contributed by atoms with Gasteiger partial charge in [-0.15, -0.1) is 0 Å². The minimum absolute atomic E-state index is 0.0220. The summed E-state index contributed by atoms with van der Waals surface area (Å²) in [6, 6.07) is 1.79. The molecule has 1 aliphatic rings. The van der Waals surface area contributed by atoms with Gasteiger partial charge in [-0.3, -0.25) is 9.48 Å². The highest BCUT2D eigenvalue weighted by Crippen LogP contribution is 2.28. The van der Waals surface area contributed by atoms with Crippen LogP contribution >= 0.6 is 0 Å². The van der Waals surface area contributed by atoms with Crippen molar-refractivity contribution in [3.63, 3.8) is 0 Å². The zero-order chi connectivity index (χ0) is 15.7. The van der Waals surface area contributed by atoms with Crippen molar-refractivity contribution in [3.8, 4) is 0 Å². The Morgan fingerprint density at radius 2 is 2.14 bits per heavy atom. The molecule has 2 aromatic heterocycles. The highest BCUT2D eigenvalue weighted by atomic mass is 16.2. The molecular weight excluding hydrogens is 278 g/mol. The van der Waals surface area contributed by atoms with E-state index >= 15 is 0 Å². The summed E-state index contributed by atoms with van der Waals surface area (Å²) in [6.45, 7) is 9.51. The van der Waals surface area contributed by atoms with Gasteiger partial charge in [0, 0.05) is 44.3 Å². The summed E-state index contributed by atoms with van der Waals surface area (Å²) in [7, 11) is 0. The molecule has 0 bridgehead atoms. The van der Waals surface area contributed by atoms with E-state index in [1.807, 2.05) is 24.2 Å². The van der Waals surface area contributed by atoms with Crippen molar-refractivity contribution in [1.29, 1.82) is 0 Å². The first kappa shape index (κ1) is 14.8. The molecule has 6 nitrogen and oxygen atoms in total. The van der Waals surface area contributed by atoms with E-state index in [4.69, 9.17) is 0 Å². The Morgan fingerprint density at radius 3 is 2.77 bits per heavy atom. The molecule has 118 valence electrons. The number of aryl methyl sites for hydroxylation is 2. The van der Waals surface area contributed by atoms with E-state index in [9.17, 15) is 4.79 Å². The minimum atomic E-state index is 0.0220. The molecule has 0 saturated carbocycles. The van der Waals surface area contributed by atoms with Gasteiger partial charge in [0.05, 0.1) is 5.92 Å². The fraction of sp³-hybridized carbons (Fsp3) is 0.562. The van der Waals surface area contributed by atoms with Crippen molar-refractivity contribution in [1.82, 2.24) is 24.2 Å². The van der Waals surface area contributed by atoms with E-state index in [0.717, 1.165) is 38.4 Å². The number of imidazole rings is 1. The summed E-state index contributed by atoms with van der Waals surface area (Å²) in [5.41, 5.74) is 1.73. The maximum atomic E-state index is 12.4. The SMILES string of the molecule is CCCn1c(C)cnc1C1CN(C(=O)c2ccn(CC)n2)C1. The van der Waals surface area contributed by atoms with Gasteiger partial charge in [-0.2, -0.15) is 5.10 Å². The molecule has 0 atom stereocenters. The van der Waals surface area contributed by atoms with Gasteiger partial charge >= 0.3 is 0 Å². The normalized spacial score (nSPS) is 15.1. The van der Waals surface area contributed by atoms with E-state index in [1.54, 1.807) is 10.7 Å². The summed E-state index contributed by atoms with van der Waals surface area (Å²) in [5, 5.41) is 4.29. The molecule has 1 fully saturated rings. The van der Waals surface area contributed by atoms with Crippen LogP contribution in [-0.2, 0) is 13.1 Å². The second-order valence-electron chi connectivity index (χ2n) is 5.87. The molecule has 1 aliphatic heterocycles. The Hall–Kier alpha value is -2.11. The molecular formula is C16H23N5O. The van der Waals surface area contributed by atoms with Gasteiger partial charge in [0.2, 0.25) is 0 Å². The molecule has 3 heterocycles. The zero-order valence-electron chi connectivity index (χ0n) is 13.5. The lowest BCUT2D eigenvalue weighted by Crippen LogP contribution is -2.49. The first-order valence-electron chi connectivity index (χ1n) is 7.98. The molecule has 0 aromatic carbocycles. The van der Waals surface area contributed by atoms with Crippen LogP contribution in [0.15, 0.2) is 18.5 Å². The van der Waals surface area contributed by atoms with Crippen LogP contribution in [0.4, 0.5) is 0 Å². The van der Waals surface area contributed by atoms with Crippen LogP contribution < -0.4 is 0 Å². The van der Waals surface area contributed by atoms with E-state index in [1.165, 1.54) is 5.69 Å². The molecule has 0 aliphatic carbocycles. The minimum Gasteiger partial charge on any atom is -0.336 e. The molecule has 0 spiro atoms. The van der Waals surface area contributed by atoms with Crippen LogP contribution in [0.3, 0.4) is 0 Å². The summed E-state index contributed by atoms with van der Waals surface area (Å²) in [4.78, 5) is 18.8. The Bertz CT molecular complexity index is 666. The van der Waals surface area contributed by atoms with Crippen molar-refractivity contribution < 1.29 is 4.79 Å². The van der Waals surface area contributed by atoms with Crippen molar-refractivity contribution in [2.75, 3.05) is 13.1 Å². The molecule has 6 heteroatoms. The number of hydrogen-bond donors (Lipinski definition) is 0. The first-order valence-corrected chi connectivity index (χ1v) is 7.98. The first-order chi connectivity index (χ1) is 10.6. The van der Waals surface area contributed by atoms with Gasteiger partial charge in [0.15, 0.2) is 0 Å². The molecule has 0 N–H and O–H groups in total. The topological polar surface area (TPSA) is 56.0 Å². The lowest BCUT2D eigenvalue weighted by molar-refractivity contribution is 0.0584. The number of rotatable bonds is 5. The maximum Gasteiger partial charge on any atom is 0.274 e. The zero-order valence-corrected chi connectivity index (χ0v) is 13.5. The van der Waals surface area contributed by atoms with Gasteiger partial charge < -0.3 is 9.47 Å². The summed E-state index contributed by atoms with van der Waals surface area (Å²) < 4.78 is 4.06. The highest BCUT2D eigenvalue weighted by Gasteiger charge is 2.35. The average molecular weight is 301 g/mol. The fourth-order valence-corrected chi connectivity index (χ4v) is 2.94. The van der Waals surface area contributed by atoms with Gasteiger partial charge in [0.25, 0.3) is 5.91 Å². The van der Waals surface area contributed by atoms with Gasteiger partial charge in [-0.25, -0.2) is 4.98 Å². The quantitative estimate of drug-likeness (QED) is 0.849. The predicted octanol–water partition coefficient (Wildman–Crippen LogP) is 2.06. The van der Waals surface area contributed by atoms with Crippen molar-refractivity contribution in [2.24, 2.45) is 0 Å². The lowest BCUT2D eigenvalue weighted by Gasteiger charge is -2.38. The van der Waals surface area contributed by atoms with E-state index < -0.39 is 0 Å². The predicted molar refractivity (Wildman–Crippen MR) is 83.8 cm³/mol. The Balaban J connectivity index is 1.65. The summed E-state index contributed by atoms with van der Waals surface area (Å²) >= 11 is 0. The number of nitrogens with zero attached hydrogens (tertiary/aromatic N) is 5. The number of hydrogen-bond acceptors (Lipinski definition) is 3. The van der Waals surface area contributed by atoms with Crippen molar-refractivity contribution in [2.45, 2.75) is 46.2 Å². The number of carbonyl (C=O) groups is 1. The molecule has 1 amide bonds. The monoisotopic (exact) mass is 301 g/mol. The van der Waals surface area contributed by atoms with Gasteiger partial charge in [-0.1, -0.05) is 6.92 Å². The molecule has 0 unspecified atom stereocenters. The van der Waals surface area contributed by atoms with Crippen molar-refractivity contribution >= 4 is 5.91 Å². The van der Waals surface area contributed by atoms with Crippen LogP contribution in [-0.4, -0.2) is 43.2 Å². The van der Waals surface area contributed by atoms with Gasteiger partial charge in [0.1, 0.15) is 11.5 Å². The molecule has 2 aromatic rings. The second-order valence-corrected chi connectivity index (χ2v) is 5.87. The highest BCUT2D eigenvalue weighted by molar-refractivity contribution is 5.92. The largest absolute Gasteiger partial charge is 0.336 e. The molecule has 1 saturated heterocycles. The Morgan fingerprint density at radius 1 is 1.36 bits per heavy atom. The third-order valence-corrected chi connectivity index (χ3v) is 4.25. The van der Waals surface area contributed by atoms with E-state index in [2.05, 4.69) is 28.5 Å². The van der Waals surface area contributed by atoms with Crippen molar-refractivity contribution in [3.05, 3.63) is 35.7 Å². The van der Waals surface area contributed by atoms with Crippen LogP contribution in [0, 0.1) is 6.92 Å². The molecule has 22 heavy (non-hydrogen) atoms. The van der Waals surface area contributed by atoms with E-state index in [-0.39, 0.29) is 5.91 Å². The number of carbonyl (C=O) groups excluding carboxylic acids is 1. The Kier molecular flexibility index (Phi) is 4.00. The summed E-state index contributed by atoms with van der Waals surface area (Å²) in [6.07, 6.45) is 4.87. The fourth-order valence-electron chi connectivity index (χ4n) is 2.94. The third-order valence-electron chi connectivity index (χ3n) is 4.25. The third kappa shape index (κ3) is 2.53. The van der Waals surface area contributed by atoms with Crippen LogP contribution in [0.25, 0.3) is 0 Å². The smallest absolute Gasteiger partial charge is 0.274 e. The summed E-state index contributed by atoms with van der Waals surface area (Å²) in [5.74, 6) is 1.48. The Labute approximate surface area is 130 Å². The number of likely N-dealkylation sites (tertiary alicyclic amines) is 1. The molecule has 3 rings (SSSR count). The number of aromatic nitrogens is 4. The van der Waals surface area contributed by atoms with Gasteiger partial charge in [-0.05, 0) is 26.3 Å². The van der Waals surface area contributed by atoms with Crippen LogP contribution in [0.2, 0.25) is 0 Å². The van der Waals surface area contributed by atoms with Crippen LogP contribution in [0.5, 0.6) is 0 Å². The average Bonchev–Trinajstić information content (AvgIpc) is 3.07. The number of amides is 1.